The van der Waals surface area contributed by atoms with Gasteiger partial charge in [-0.1, -0.05) is 28.1 Å². The van der Waals surface area contributed by atoms with E-state index in [0.717, 1.165) is 39.8 Å². The standard InChI is InChI=1S/C24H29BrN4O2/c1-15(16-9-11-26-12-10-16)29(2)24-19-13-21(30-3)22(31-4)14-20(19)27-23(28-24)17-5-7-18(25)8-6-17/h5-8,13-16,26H,9-12H2,1-4H3. The quantitative estimate of drug-likeness (QED) is 0.536. The van der Waals surface area contributed by atoms with Crippen molar-refractivity contribution in [1.29, 1.82) is 0 Å². The Hall–Kier alpha value is -2.38. The number of nitrogens with zero attached hydrogens (tertiary/aromatic N) is 3. The van der Waals surface area contributed by atoms with Crippen LogP contribution in [-0.2, 0) is 0 Å². The smallest absolute Gasteiger partial charge is 0.162 e. The predicted molar refractivity (Wildman–Crippen MR) is 129 cm³/mol. The first-order chi connectivity index (χ1) is 15.0. The van der Waals surface area contributed by atoms with Crippen molar-refractivity contribution in [2.75, 3.05) is 39.3 Å². The van der Waals surface area contributed by atoms with Gasteiger partial charge in [0.05, 0.1) is 19.7 Å². The van der Waals surface area contributed by atoms with Gasteiger partial charge in [0.15, 0.2) is 17.3 Å². The molecule has 1 aromatic heterocycles. The van der Waals surface area contributed by atoms with E-state index in [9.17, 15) is 0 Å². The van der Waals surface area contributed by atoms with Crippen LogP contribution in [0.15, 0.2) is 40.9 Å². The average Bonchev–Trinajstić information content (AvgIpc) is 2.82. The molecule has 1 aliphatic heterocycles. The zero-order valence-electron chi connectivity index (χ0n) is 18.5. The maximum Gasteiger partial charge on any atom is 0.162 e. The van der Waals surface area contributed by atoms with Crippen molar-refractivity contribution in [3.8, 4) is 22.9 Å². The van der Waals surface area contributed by atoms with E-state index < -0.39 is 0 Å². The number of piperidine rings is 1. The minimum atomic E-state index is 0.353. The molecule has 7 heteroatoms. The van der Waals surface area contributed by atoms with E-state index in [1.54, 1.807) is 14.2 Å². The van der Waals surface area contributed by atoms with Gasteiger partial charge in [0.25, 0.3) is 0 Å². The molecule has 3 aromatic rings. The van der Waals surface area contributed by atoms with Crippen LogP contribution in [0.1, 0.15) is 19.8 Å². The fraction of sp³-hybridized carbons (Fsp3) is 0.417. The normalized spacial score (nSPS) is 15.6. The summed E-state index contributed by atoms with van der Waals surface area (Å²) in [5.74, 6) is 3.57. The number of methoxy groups -OCH3 is 2. The van der Waals surface area contributed by atoms with Crippen LogP contribution in [0.4, 0.5) is 5.82 Å². The van der Waals surface area contributed by atoms with E-state index in [0.29, 0.717) is 29.3 Å². The van der Waals surface area contributed by atoms with E-state index in [4.69, 9.17) is 19.4 Å². The maximum absolute atomic E-state index is 5.57. The van der Waals surface area contributed by atoms with E-state index in [1.807, 2.05) is 36.4 Å². The number of hydrogen-bond donors (Lipinski definition) is 1. The first-order valence-electron chi connectivity index (χ1n) is 10.6. The highest BCUT2D eigenvalue weighted by molar-refractivity contribution is 9.10. The molecule has 0 saturated carbocycles. The van der Waals surface area contributed by atoms with Gasteiger partial charge in [-0.15, -0.1) is 0 Å². The summed E-state index contributed by atoms with van der Waals surface area (Å²) < 4.78 is 12.1. The molecule has 2 aromatic carbocycles. The molecule has 0 aliphatic carbocycles. The van der Waals surface area contributed by atoms with Crippen LogP contribution in [0.25, 0.3) is 22.3 Å². The van der Waals surface area contributed by atoms with Crippen LogP contribution < -0.4 is 19.7 Å². The molecular weight excluding hydrogens is 456 g/mol. The second kappa shape index (κ2) is 9.40. The second-order valence-corrected chi connectivity index (χ2v) is 8.96. The number of fused-ring (bicyclic) bond motifs is 1. The van der Waals surface area contributed by atoms with E-state index in [1.165, 1.54) is 12.8 Å². The number of hydrogen-bond acceptors (Lipinski definition) is 6. The Morgan fingerprint density at radius 3 is 2.32 bits per heavy atom. The minimum Gasteiger partial charge on any atom is -0.493 e. The van der Waals surface area contributed by atoms with E-state index in [2.05, 4.69) is 40.1 Å². The second-order valence-electron chi connectivity index (χ2n) is 8.04. The molecule has 0 amide bonds. The highest BCUT2D eigenvalue weighted by Crippen LogP contribution is 2.37. The molecule has 1 fully saturated rings. The lowest BCUT2D eigenvalue weighted by molar-refractivity contribution is 0.323. The number of ether oxygens (including phenoxy) is 2. The molecule has 1 unspecified atom stereocenters. The first kappa shape index (κ1) is 21.8. The molecular formula is C24H29BrN4O2. The molecule has 0 spiro atoms. The monoisotopic (exact) mass is 484 g/mol. The number of aromatic nitrogens is 2. The Labute approximate surface area is 192 Å². The molecule has 6 nitrogen and oxygen atoms in total. The Morgan fingerprint density at radius 2 is 1.68 bits per heavy atom. The first-order valence-corrected chi connectivity index (χ1v) is 11.4. The lowest BCUT2D eigenvalue weighted by Crippen LogP contribution is -2.41. The Kier molecular flexibility index (Phi) is 6.62. The van der Waals surface area contributed by atoms with E-state index >= 15 is 0 Å². The van der Waals surface area contributed by atoms with Gasteiger partial charge in [0.2, 0.25) is 0 Å². The SMILES string of the molecule is COc1cc2nc(-c3ccc(Br)cc3)nc(N(C)C(C)C3CCNCC3)c2cc1OC. The molecule has 1 saturated heterocycles. The fourth-order valence-corrected chi connectivity index (χ4v) is 4.54. The Bertz CT molecular complexity index is 1050. The highest BCUT2D eigenvalue weighted by Gasteiger charge is 2.26. The average molecular weight is 485 g/mol. The van der Waals surface area contributed by atoms with Crippen LogP contribution >= 0.6 is 15.9 Å². The largest absolute Gasteiger partial charge is 0.493 e. The van der Waals surface area contributed by atoms with Gasteiger partial charge in [0, 0.05) is 34.6 Å². The number of benzene rings is 2. The minimum absolute atomic E-state index is 0.353. The van der Waals surface area contributed by atoms with Crippen molar-refractivity contribution in [2.45, 2.75) is 25.8 Å². The molecule has 1 aliphatic rings. The van der Waals surface area contributed by atoms with Crippen LogP contribution in [0.5, 0.6) is 11.5 Å². The molecule has 1 N–H and O–H groups in total. The molecule has 2 heterocycles. The summed E-state index contributed by atoms with van der Waals surface area (Å²) >= 11 is 3.51. The molecule has 0 bridgehead atoms. The third-order valence-corrected chi connectivity index (χ3v) is 6.82. The topological polar surface area (TPSA) is 59.5 Å². The zero-order valence-corrected chi connectivity index (χ0v) is 20.1. The van der Waals surface area contributed by atoms with Crippen molar-refractivity contribution in [2.24, 2.45) is 5.92 Å². The van der Waals surface area contributed by atoms with Crippen molar-refractivity contribution < 1.29 is 9.47 Å². The summed E-state index contributed by atoms with van der Waals surface area (Å²) in [5.41, 5.74) is 1.81. The summed E-state index contributed by atoms with van der Waals surface area (Å²) in [6.45, 7) is 4.44. The predicted octanol–water partition coefficient (Wildman–Crippen LogP) is 4.90. The van der Waals surface area contributed by atoms with Crippen molar-refractivity contribution in [1.82, 2.24) is 15.3 Å². The Balaban J connectivity index is 1.86. The number of anilines is 1. The number of halogens is 1. The molecule has 4 rings (SSSR count). The third kappa shape index (κ3) is 4.48. The lowest BCUT2D eigenvalue weighted by atomic mass is 9.90. The number of rotatable bonds is 6. The van der Waals surface area contributed by atoms with Gasteiger partial charge in [-0.05, 0) is 57.0 Å². The van der Waals surface area contributed by atoms with E-state index in [-0.39, 0.29) is 0 Å². The van der Waals surface area contributed by atoms with Crippen LogP contribution in [0, 0.1) is 5.92 Å². The molecule has 31 heavy (non-hydrogen) atoms. The van der Waals surface area contributed by atoms with Gasteiger partial charge >= 0.3 is 0 Å². The van der Waals surface area contributed by atoms with Crippen molar-refractivity contribution >= 4 is 32.7 Å². The maximum atomic E-state index is 5.57. The van der Waals surface area contributed by atoms with Crippen LogP contribution in [0.3, 0.4) is 0 Å². The van der Waals surface area contributed by atoms with Gasteiger partial charge < -0.3 is 19.7 Å². The summed E-state index contributed by atoms with van der Waals surface area (Å²) in [6, 6.07) is 12.4. The lowest BCUT2D eigenvalue weighted by Gasteiger charge is -2.35. The fourth-order valence-electron chi connectivity index (χ4n) is 4.27. The molecule has 0 radical (unpaired) electrons. The van der Waals surface area contributed by atoms with Crippen LogP contribution in [0.2, 0.25) is 0 Å². The summed E-state index contributed by atoms with van der Waals surface area (Å²) in [6.07, 6.45) is 2.34. The van der Waals surface area contributed by atoms with Gasteiger partial charge in [0.1, 0.15) is 5.82 Å². The molecule has 1 atom stereocenters. The van der Waals surface area contributed by atoms with Gasteiger partial charge in [-0.2, -0.15) is 0 Å². The van der Waals surface area contributed by atoms with Crippen molar-refractivity contribution in [3.05, 3.63) is 40.9 Å². The summed E-state index contributed by atoms with van der Waals surface area (Å²) in [4.78, 5) is 12.2. The Morgan fingerprint density at radius 1 is 1.03 bits per heavy atom. The molecule has 164 valence electrons. The summed E-state index contributed by atoms with van der Waals surface area (Å²) in [7, 11) is 5.44. The van der Waals surface area contributed by atoms with Gasteiger partial charge in [-0.3, -0.25) is 0 Å². The number of nitrogens with one attached hydrogen (secondary N) is 1. The third-order valence-electron chi connectivity index (χ3n) is 6.29. The van der Waals surface area contributed by atoms with Gasteiger partial charge in [-0.25, -0.2) is 9.97 Å². The van der Waals surface area contributed by atoms with Crippen molar-refractivity contribution in [3.63, 3.8) is 0 Å². The highest BCUT2D eigenvalue weighted by atomic mass is 79.9. The summed E-state index contributed by atoms with van der Waals surface area (Å²) in [5, 5.41) is 4.42. The zero-order chi connectivity index (χ0) is 22.0. The van der Waals surface area contributed by atoms with Crippen LogP contribution in [-0.4, -0.2) is 50.4 Å².